The minimum atomic E-state index is -1.22. The third-order valence-electron chi connectivity index (χ3n) is 3.35. The minimum Gasteiger partial charge on any atom is -0.448 e. The molecule has 1 aromatic carbocycles. The van der Waals surface area contributed by atoms with Crippen molar-refractivity contribution in [3.05, 3.63) is 42.0 Å². The van der Waals surface area contributed by atoms with Gasteiger partial charge >= 0.3 is 5.97 Å². The fraction of sp³-hybridized carbons (Fsp3) is 0.133. The maximum absolute atomic E-state index is 12.3. The number of carbonyl (C=O) groups excluding carboxylic acids is 5. The van der Waals surface area contributed by atoms with Crippen LogP contribution < -0.4 is 10.2 Å². The first-order valence-electron chi connectivity index (χ1n) is 6.67. The van der Waals surface area contributed by atoms with Crippen LogP contribution >= 0.6 is 0 Å². The molecule has 2 aliphatic heterocycles. The molecule has 4 amide bonds. The number of benzene rings is 1. The molecular weight excluding hydrogens is 304 g/mol. The van der Waals surface area contributed by atoms with Crippen LogP contribution in [0.5, 0.6) is 0 Å². The summed E-state index contributed by atoms with van der Waals surface area (Å²) in [5.41, 5.74) is 0.00674. The van der Waals surface area contributed by atoms with E-state index in [1.807, 2.05) is 5.32 Å². The van der Waals surface area contributed by atoms with Crippen LogP contribution in [0.15, 0.2) is 36.4 Å². The van der Waals surface area contributed by atoms with Crippen LogP contribution in [-0.2, 0) is 23.9 Å². The van der Waals surface area contributed by atoms with Gasteiger partial charge in [0.15, 0.2) is 6.10 Å². The van der Waals surface area contributed by atoms with Gasteiger partial charge in [0, 0.05) is 12.2 Å². The van der Waals surface area contributed by atoms with Gasteiger partial charge in [-0.15, -0.1) is 0 Å². The lowest BCUT2D eigenvalue weighted by Gasteiger charge is -2.18. The van der Waals surface area contributed by atoms with Crippen molar-refractivity contribution >= 4 is 35.3 Å². The molecule has 3 rings (SSSR count). The van der Waals surface area contributed by atoms with E-state index in [1.54, 1.807) is 6.07 Å². The Labute approximate surface area is 129 Å². The highest BCUT2D eigenvalue weighted by Gasteiger charge is 2.35. The van der Waals surface area contributed by atoms with Crippen molar-refractivity contribution < 1.29 is 28.7 Å². The highest BCUT2D eigenvalue weighted by Crippen LogP contribution is 2.25. The summed E-state index contributed by atoms with van der Waals surface area (Å²) in [7, 11) is 0. The average molecular weight is 314 g/mol. The molecule has 1 unspecified atom stereocenters. The van der Waals surface area contributed by atoms with Crippen LogP contribution in [-0.4, -0.2) is 35.7 Å². The summed E-state index contributed by atoms with van der Waals surface area (Å²) >= 11 is 0. The fourth-order valence-electron chi connectivity index (χ4n) is 2.30. The molecule has 0 saturated carbocycles. The summed E-state index contributed by atoms with van der Waals surface area (Å²) in [6.07, 6.45) is 0.711. The molecule has 1 N–H and O–H groups in total. The van der Waals surface area contributed by atoms with Gasteiger partial charge < -0.3 is 4.74 Å². The maximum Gasteiger partial charge on any atom is 0.341 e. The number of nitrogens with one attached hydrogen (secondary N) is 1. The quantitative estimate of drug-likeness (QED) is 0.605. The van der Waals surface area contributed by atoms with E-state index in [1.165, 1.54) is 18.2 Å². The summed E-state index contributed by atoms with van der Waals surface area (Å²) in [5, 5.41) is 2.02. The van der Waals surface area contributed by atoms with Gasteiger partial charge in [0.25, 0.3) is 17.7 Å². The van der Waals surface area contributed by atoms with Gasteiger partial charge in [-0.3, -0.25) is 24.5 Å². The van der Waals surface area contributed by atoms with E-state index >= 15 is 0 Å². The average Bonchev–Trinajstić information content (AvgIpc) is 3.01. The van der Waals surface area contributed by atoms with Gasteiger partial charge in [0.05, 0.1) is 17.7 Å². The number of anilines is 1. The summed E-state index contributed by atoms with van der Waals surface area (Å²) in [6.45, 7) is 0. The van der Waals surface area contributed by atoms with Gasteiger partial charge in [0.2, 0.25) is 5.91 Å². The number of rotatable bonds is 3. The van der Waals surface area contributed by atoms with Crippen LogP contribution in [0.25, 0.3) is 0 Å². The molecule has 2 aliphatic rings. The lowest BCUT2D eigenvalue weighted by Crippen LogP contribution is -2.32. The zero-order chi connectivity index (χ0) is 16.6. The molecule has 1 atom stereocenters. The Morgan fingerprint density at radius 1 is 1.09 bits per heavy atom. The third kappa shape index (κ3) is 2.61. The van der Waals surface area contributed by atoms with E-state index in [0.29, 0.717) is 0 Å². The summed E-state index contributed by atoms with van der Waals surface area (Å²) in [5.74, 6) is -3.29. The second kappa shape index (κ2) is 5.48. The van der Waals surface area contributed by atoms with Crippen LogP contribution in [0.1, 0.15) is 16.8 Å². The van der Waals surface area contributed by atoms with E-state index in [9.17, 15) is 24.0 Å². The molecule has 1 saturated heterocycles. The van der Waals surface area contributed by atoms with Crippen molar-refractivity contribution in [2.75, 3.05) is 4.90 Å². The van der Waals surface area contributed by atoms with Crippen molar-refractivity contribution in [2.24, 2.45) is 0 Å². The van der Waals surface area contributed by atoms with Crippen molar-refractivity contribution in [2.45, 2.75) is 12.5 Å². The Balaban J connectivity index is 1.87. The Morgan fingerprint density at radius 3 is 2.35 bits per heavy atom. The van der Waals surface area contributed by atoms with Crippen LogP contribution in [0.3, 0.4) is 0 Å². The molecule has 0 aromatic heterocycles. The molecule has 8 nitrogen and oxygen atoms in total. The van der Waals surface area contributed by atoms with E-state index < -0.39 is 35.7 Å². The molecule has 2 heterocycles. The molecular formula is C15H10N2O6. The van der Waals surface area contributed by atoms with Gasteiger partial charge in [-0.2, -0.15) is 0 Å². The van der Waals surface area contributed by atoms with Crippen molar-refractivity contribution in [3.63, 3.8) is 0 Å². The smallest absolute Gasteiger partial charge is 0.341 e. The first-order chi connectivity index (χ1) is 11.0. The third-order valence-corrected chi connectivity index (χ3v) is 3.35. The van der Waals surface area contributed by atoms with Crippen LogP contribution in [0.2, 0.25) is 0 Å². The molecule has 0 radical (unpaired) electrons. The molecule has 0 aliphatic carbocycles. The highest BCUT2D eigenvalue weighted by molar-refractivity contribution is 6.29. The Bertz CT molecular complexity index is 764. The van der Waals surface area contributed by atoms with E-state index in [2.05, 4.69) is 0 Å². The van der Waals surface area contributed by atoms with Crippen LogP contribution in [0.4, 0.5) is 5.69 Å². The largest absolute Gasteiger partial charge is 0.448 e. The highest BCUT2D eigenvalue weighted by atomic mass is 16.5. The minimum absolute atomic E-state index is 0.0509. The van der Waals surface area contributed by atoms with Gasteiger partial charge in [-0.05, 0) is 12.1 Å². The number of hydrogen-bond donors (Lipinski definition) is 1. The first kappa shape index (κ1) is 14.6. The van der Waals surface area contributed by atoms with Crippen molar-refractivity contribution in [1.29, 1.82) is 0 Å². The van der Waals surface area contributed by atoms with Crippen LogP contribution in [0, 0.1) is 0 Å². The number of ether oxygens (including phenoxy) is 1. The number of hydrogen-bond acceptors (Lipinski definition) is 6. The molecule has 1 fully saturated rings. The maximum atomic E-state index is 12.3. The van der Waals surface area contributed by atoms with E-state index in [-0.39, 0.29) is 17.7 Å². The molecule has 23 heavy (non-hydrogen) atoms. The Hall–Kier alpha value is -3.29. The molecule has 1 aromatic rings. The van der Waals surface area contributed by atoms with Gasteiger partial charge in [-0.1, -0.05) is 12.1 Å². The number of imide groups is 2. The molecule has 116 valence electrons. The van der Waals surface area contributed by atoms with E-state index in [4.69, 9.17) is 4.74 Å². The summed E-state index contributed by atoms with van der Waals surface area (Å²) < 4.78 is 5.01. The number of nitrogens with zero attached hydrogens (tertiary/aromatic N) is 1. The number of carbonyl (C=O) groups is 5. The Morgan fingerprint density at radius 2 is 1.74 bits per heavy atom. The topological polar surface area (TPSA) is 110 Å². The number of para-hydroxylation sites is 1. The molecule has 0 spiro atoms. The second-order valence-electron chi connectivity index (χ2n) is 4.87. The zero-order valence-corrected chi connectivity index (χ0v) is 11.6. The monoisotopic (exact) mass is 314 g/mol. The van der Waals surface area contributed by atoms with Gasteiger partial charge in [0.1, 0.15) is 0 Å². The predicted molar refractivity (Wildman–Crippen MR) is 75.0 cm³/mol. The number of amides is 4. The lowest BCUT2D eigenvalue weighted by molar-refractivity contribution is -0.128. The SMILES string of the molecule is O=C1CC(OC(=O)c2ccccc2N2C(=O)C=CC2=O)C(=O)N1. The lowest BCUT2D eigenvalue weighted by atomic mass is 10.1. The molecule has 0 bridgehead atoms. The van der Waals surface area contributed by atoms with Crippen molar-refractivity contribution in [3.8, 4) is 0 Å². The fourth-order valence-corrected chi connectivity index (χ4v) is 2.30. The molecule has 8 heteroatoms. The normalized spacial score (nSPS) is 20.2. The van der Waals surface area contributed by atoms with Crippen molar-refractivity contribution in [1.82, 2.24) is 5.32 Å². The second-order valence-corrected chi connectivity index (χ2v) is 4.87. The number of esters is 1. The summed E-state index contributed by atoms with van der Waals surface area (Å²) in [4.78, 5) is 59.2. The first-order valence-corrected chi connectivity index (χ1v) is 6.67. The zero-order valence-electron chi connectivity index (χ0n) is 11.6. The standard InChI is InChI=1S/C15H10N2O6/c18-11-7-10(14(21)16-11)23-15(22)8-3-1-2-4-9(8)17-12(19)5-6-13(17)20/h1-6,10H,7H2,(H,16,18,21). The summed E-state index contributed by atoms with van der Waals surface area (Å²) in [6, 6.07) is 5.86. The Kier molecular flexibility index (Phi) is 3.49. The van der Waals surface area contributed by atoms with Gasteiger partial charge in [-0.25, -0.2) is 9.69 Å². The predicted octanol–water partition coefficient (Wildman–Crippen LogP) is -0.312. The van der Waals surface area contributed by atoms with E-state index in [0.717, 1.165) is 17.1 Å².